The molecule has 2 aliphatic rings. The molecule has 1 saturated carbocycles. The maximum Gasteiger partial charge on any atom is 0.230 e. The molecular formula is C22H44IN5O2. The Labute approximate surface area is 200 Å². The van der Waals surface area contributed by atoms with Gasteiger partial charge in [0.15, 0.2) is 5.96 Å². The summed E-state index contributed by atoms with van der Waals surface area (Å²) in [5.74, 6) is 1.03. The number of nitrogens with one attached hydrogen (secondary N) is 2. The standard InChI is InChI=1S/C22H43N5O2.HI/c1-8-23-20(25-16-22(11-9-10-12-22)19(28)26(6)7)24-15-21(4,5)27-13-17(2)29-18(3)14-27;/h17-18H,8-16H2,1-7H3,(H2,23,24,25);1H. The number of guanidine groups is 1. The summed E-state index contributed by atoms with van der Waals surface area (Å²) in [7, 11) is 3.71. The number of ether oxygens (including phenoxy) is 1. The highest BCUT2D eigenvalue weighted by Gasteiger charge is 2.42. The highest BCUT2D eigenvalue weighted by Crippen LogP contribution is 2.38. The molecule has 0 aromatic carbocycles. The van der Waals surface area contributed by atoms with Gasteiger partial charge in [-0.2, -0.15) is 0 Å². The first-order chi connectivity index (χ1) is 13.6. The minimum absolute atomic E-state index is 0. The van der Waals surface area contributed by atoms with Crippen molar-refractivity contribution >= 4 is 35.8 Å². The minimum Gasteiger partial charge on any atom is -0.373 e. The molecule has 1 aliphatic carbocycles. The van der Waals surface area contributed by atoms with Gasteiger partial charge in [0.25, 0.3) is 0 Å². The molecule has 0 aromatic heterocycles. The number of amides is 1. The Balaban J connectivity index is 0.00000450. The lowest BCUT2D eigenvalue weighted by Gasteiger charge is -2.44. The Morgan fingerprint density at radius 1 is 1.17 bits per heavy atom. The molecule has 2 fully saturated rings. The highest BCUT2D eigenvalue weighted by molar-refractivity contribution is 14.0. The van der Waals surface area contributed by atoms with E-state index in [1.165, 1.54) is 0 Å². The highest BCUT2D eigenvalue weighted by atomic mass is 127. The number of hydrogen-bond acceptors (Lipinski definition) is 4. The van der Waals surface area contributed by atoms with Crippen molar-refractivity contribution in [2.45, 2.75) is 78.0 Å². The van der Waals surface area contributed by atoms with Gasteiger partial charge in [0, 0.05) is 45.8 Å². The summed E-state index contributed by atoms with van der Waals surface area (Å²) in [6, 6.07) is 0. The fourth-order valence-corrected chi connectivity index (χ4v) is 4.63. The summed E-state index contributed by atoms with van der Waals surface area (Å²) in [5, 5.41) is 6.84. The van der Waals surface area contributed by atoms with Crippen LogP contribution >= 0.6 is 24.0 Å². The molecule has 1 amide bonds. The summed E-state index contributed by atoms with van der Waals surface area (Å²) in [6.07, 6.45) is 4.63. The second-order valence-electron chi connectivity index (χ2n) is 9.71. The van der Waals surface area contributed by atoms with Gasteiger partial charge in [-0.25, -0.2) is 0 Å². The molecule has 176 valence electrons. The van der Waals surface area contributed by atoms with Gasteiger partial charge in [-0.05, 0) is 47.5 Å². The van der Waals surface area contributed by atoms with Gasteiger partial charge in [0.1, 0.15) is 0 Å². The van der Waals surface area contributed by atoms with Crippen LogP contribution in [0.1, 0.15) is 60.3 Å². The summed E-state index contributed by atoms with van der Waals surface area (Å²) >= 11 is 0. The van der Waals surface area contributed by atoms with Crippen molar-refractivity contribution < 1.29 is 9.53 Å². The van der Waals surface area contributed by atoms with E-state index in [9.17, 15) is 4.79 Å². The average Bonchev–Trinajstić information content (AvgIpc) is 3.12. The zero-order valence-electron chi connectivity index (χ0n) is 20.1. The Morgan fingerprint density at radius 2 is 1.73 bits per heavy atom. The Morgan fingerprint density at radius 3 is 2.23 bits per heavy atom. The van der Waals surface area contributed by atoms with E-state index in [0.717, 1.165) is 51.3 Å². The van der Waals surface area contributed by atoms with Crippen LogP contribution in [0.15, 0.2) is 4.99 Å². The van der Waals surface area contributed by atoms with Crippen LogP contribution in [0, 0.1) is 5.41 Å². The van der Waals surface area contributed by atoms with Crippen LogP contribution in [0.3, 0.4) is 0 Å². The van der Waals surface area contributed by atoms with Crippen LogP contribution in [-0.4, -0.2) is 86.2 Å². The number of carbonyl (C=O) groups is 1. The zero-order chi connectivity index (χ0) is 21.7. The van der Waals surface area contributed by atoms with Crippen molar-refractivity contribution in [1.29, 1.82) is 0 Å². The van der Waals surface area contributed by atoms with Crippen LogP contribution in [0.4, 0.5) is 0 Å². The lowest BCUT2D eigenvalue weighted by molar-refractivity contribution is -0.138. The van der Waals surface area contributed by atoms with E-state index in [2.05, 4.69) is 50.2 Å². The van der Waals surface area contributed by atoms with Crippen molar-refractivity contribution in [3.8, 4) is 0 Å². The maximum absolute atomic E-state index is 12.8. The van der Waals surface area contributed by atoms with Gasteiger partial charge >= 0.3 is 0 Å². The summed E-state index contributed by atoms with van der Waals surface area (Å²) in [6.45, 7) is 14.8. The molecule has 0 bridgehead atoms. The fourth-order valence-electron chi connectivity index (χ4n) is 4.63. The number of halogens is 1. The van der Waals surface area contributed by atoms with Crippen molar-refractivity contribution in [1.82, 2.24) is 20.4 Å². The number of hydrogen-bond donors (Lipinski definition) is 2. The first-order valence-electron chi connectivity index (χ1n) is 11.2. The van der Waals surface area contributed by atoms with Gasteiger partial charge < -0.3 is 20.3 Å². The molecule has 1 heterocycles. The van der Waals surface area contributed by atoms with Crippen molar-refractivity contribution in [3.63, 3.8) is 0 Å². The van der Waals surface area contributed by atoms with Crippen molar-refractivity contribution in [3.05, 3.63) is 0 Å². The van der Waals surface area contributed by atoms with Crippen LogP contribution in [0.5, 0.6) is 0 Å². The summed E-state index contributed by atoms with van der Waals surface area (Å²) < 4.78 is 5.89. The first kappa shape index (κ1) is 27.4. The number of rotatable bonds is 7. The normalized spacial score (nSPS) is 24.8. The minimum atomic E-state index is -0.301. The molecule has 0 radical (unpaired) electrons. The van der Waals surface area contributed by atoms with Crippen LogP contribution in [0.25, 0.3) is 0 Å². The first-order valence-corrected chi connectivity index (χ1v) is 11.2. The van der Waals surface area contributed by atoms with E-state index in [1.54, 1.807) is 4.90 Å². The van der Waals surface area contributed by atoms with Crippen LogP contribution in [-0.2, 0) is 9.53 Å². The predicted molar refractivity (Wildman–Crippen MR) is 135 cm³/mol. The molecule has 7 nitrogen and oxygen atoms in total. The summed E-state index contributed by atoms with van der Waals surface area (Å²) in [4.78, 5) is 21.9. The smallest absolute Gasteiger partial charge is 0.230 e. The third-order valence-corrected chi connectivity index (χ3v) is 6.26. The van der Waals surface area contributed by atoms with Gasteiger partial charge in [0.05, 0.1) is 24.2 Å². The van der Waals surface area contributed by atoms with Gasteiger partial charge in [-0.1, -0.05) is 12.8 Å². The third kappa shape index (κ3) is 7.22. The van der Waals surface area contributed by atoms with Gasteiger partial charge in [0.2, 0.25) is 5.91 Å². The Hall–Kier alpha value is -0.610. The number of nitrogens with zero attached hydrogens (tertiary/aromatic N) is 3. The molecule has 0 aromatic rings. The third-order valence-electron chi connectivity index (χ3n) is 6.26. The van der Waals surface area contributed by atoms with Gasteiger partial charge in [-0.3, -0.25) is 14.7 Å². The quantitative estimate of drug-likeness (QED) is 0.297. The zero-order valence-corrected chi connectivity index (χ0v) is 22.4. The largest absolute Gasteiger partial charge is 0.373 e. The number of morpholine rings is 1. The lowest BCUT2D eigenvalue weighted by Crippen LogP contribution is -2.56. The van der Waals surface area contributed by atoms with E-state index in [0.29, 0.717) is 13.1 Å². The number of aliphatic imine (C=N–C) groups is 1. The van der Waals surface area contributed by atoms with Crippen LogP contribution in [0.2, 0.25) is 0 Å². The second kappa shape index (κ2) is 11.9. The molecule has 2 atom stereocenters. The predicted octanol–water partition coefficient (Wildman–Crippen LogP) is 2.70. The van der Waals surface area contributed by atoms with E-state index in [-0.39, 0.29) is 53.0 Å². The van der Waals surface area contributed by atoms with Gasteiger partial charge in [-0.15, -0.1) is 24.0 Å². The topological polar surface area (TPSA) is 69.2 Å². The monoisotopic (exact) mass is 537 g/mol. The number of carbonyl (C=O) groups excluding carboxylic acids is 1. The summed E-state index contributed by atoms with van der Waals surface area (Å²) in [5.41, 5.74) is -0.358. The molecule has 1 saturated heterocycles. The molecule has 2 unspecified atom stereocenters. The Bertz CT molecular complexity index is 566. The van der Waals surface area contributed by atoms with Crippen molar-refractivity contribution in [2.24, 2.45) is 10.4 Å². The van der Waals surface area contributed by atoms with E-state index in [4.69, 9.17) is 9.73 Å². The lowest BCUT2D eigenvalue weighted by atomic mass is 9.84. The molecule has 1 aliphatic heterocycles. The van der Waals surface area contributed by atoms with E-state index in [1.807, 2.05) is 14.1 Å². The SMILES string of the molecule is CCNC(=NCC(C)(C)N1CC(C)OC(C)C1)NCC1(C(=O)N(C)C)CCCC1.I. The molecular weight excluding hydrogens is 493 g/mol. The molecule has 0 spiro atoms. The van der Waals surface area contributed by atoms with E-state index < -0.39 is 0 Å². The van der Waals surface area contributed by atoms with E-state index >= 15 is 0 Å². The van der Waals surface area contributed by atoms with Crippen LogP contribution < -0.4 is 10.6 Å². The van der Waals surface area contributed by atoms with Crippen molar-refractivity contribution in [2.75, 3.05) is 46.8 Å². The molecule has 2 N–H and O–H groups in total. The molecule has 2 rings (SSSR count). The Kier molecular flexibility index (Phi) is 10.8. The average molecular weight is 538 g/mol. The molecule has 8 heteroatoms. The second-order valence-corrected chi connectivity index (χ2v) is 9.71. The molecule has 30 heavy (non-hydrogen) atoms. The fraction of sp³-hybridized carbons (Fsp3) is 0.909. The maximum atomic E-state index is 12.8.